The predicted octanol–water partition coefficient (Wildman–Crippen LogP) is 2.09. The quantitative estimate of drug-likeness (QED) is 0.430. The van der Waals surface area contributed by atoms with E-state index in [0.717, 1.165) is 12.8 Å². The fourth-order valence-corrected chi connectivity index (χ4v) is 4.35. The van der Waals surface area contributed by atoms with Crippen LogP contribution in [-0.4, -0.2) is 37.0 Å². The number of fused-ring (bicyclic) bond motifs is 1. The number of hydrogen-bond donors (Lipinski definition) is 2. The second-order valence-corrected chi connectivity index (χ2v) is 8.24. The summed E-state index contributed by atoms with van der Waals surface area (Å²) in [4.78, 5) is 20.3. The van der Waals surface area contributed by atoms with E-state index in [-0.39, 0.29) is 29.6 Å². The Morgan fingerprint density at radius 2 is 2.06 bits per heavy atom. The minimum Gasteiger partial charge on any atom is -0.390 e. The van der Waals surface area contributed by atoms with E-state index in [2.05, 4.69) is 15.1 Å². The van der Waals surface area contributed by atoms with Crippen LogP contribution in [-0.2, 0) is 17.9 Å². The third kappa shape index (κ3) is 3.97. The number of aliphatic hydroxyl groups is 1. The number of nitrogens with one attached hydrogen (secondary N) is 1. The van der Waals surface area contributed by atoms with Gasteiger partial charge in [-0.1, -0.05) is 11.6 Å². The molecule has 9 nitrogen and oxygen atoms in total. The molecule has 0 radical (unpaired) electrons. The summed E-state index contributed by atoms with van der Waals surface area (Å²) in [6.45, 7) is 0.626. The first-order valence-electron chi connectivity index (χ1n) is 10.4. The Bertz CT molecular complexity index is 1400. The molecule has 0 amide bonds. The van der Waals surface area contributed by atoms with Gasteiger partial charge in [-0.2, -0.15) is 4.68 Å². The average molecular weight is 472 g/mol. The molecule has 0 unspecified atom stereocenters. The number of ether oxygens (including phenoxy) is 1. The number of pyridine rings is 1. The van der Waals surface area contributed by atoms with Crippen LogP contribution in [0.25, 0.3) is 28.0 Å². The van der Waals surface area contributed by atoms with E-state index in [1.807, 2.05) is 0 Å². The molecule has 4 aromatic rings. The fraction of sp³-hybridized carbons (Fsp3) is 0.273. The molecule has 4 heterocycles. The lowest BCUT2D eigenvalue weighted by molar-refractivity contribution is -0.351. The van der Waals surface area contributed by atoms with Crippen molar-refractivity contribution in [2.45, 2.75) is 32.1 Å². The highest BCUT2D eigenvalue weighted by Crippen LogP contribution is 2.34. The monoisotopic (exact) mass is 471 g/mol. The standard InChI is InChI=1S/C22H20ClFN6O3/c23-17-9-13(8-15(11-31)26-17)18-19(12-3-5-14(24)6-4-12)27-21(25)30-20(18)28-29(22(30)32)10-16-2-1-7-33-16/h3-6,8-9,16,31H,1-2,7,10-11H2,(H2,25,27)/p+1/t16-/m1/s1. The maximum atomic E-state index is 13.6. The average Bonchev–Trinajstić information content (AvgIpc) is 3.42. The number of H-pyrrole nitrogens is 1. The third-order valence-electron chi connectivity index (χ3n) is 5.64. The normalized spacial score (nSPS) is 16.0. The zero-order chi connectivity index (χ0) is 23.1. The minimum atomic E-state index is -0.413. The molecule has 1 aromatic carbocycles. The van der Waals surface area contributed by atoms with E-state index < -0.39 is 5.69 Å². The van der Waals surface area contributed by atoms with Crippen molar-refractivity contribution >= 4 is 23.2 Å². The maximum Gasteiger partial charge on any atom is 0.411 e. The maximum absolute atomic E-state index is 13.6. The zero-order valence-corrected chi connectivity index (χ0v) is 18.2. The highest BCUT2D eigenvalue weighted by molar-refractivity contribution is 6.29. The minimum absolute atomic E-state index is 0.0687. The number of rotatable bonds is 5. The number of hydrogen-bond acceptors (Lipinski definition) is 6. The summed E-state index contributed by atoms with van der Waals surface area (Å²) in [7, 11) is 0. The molecule has 5 rings (SSSR count). The number of benzene rings is 1. The summed E-state index contributed by atoms with van der Waals surface area (Å²) in [5.74, 6) is -0.319. The van der Waals surface area contributed by atoms with E-state index in [1.165, 1.54) is 21.2 Å². The van der Waals surface area contributed by atoms with Gasteiger partial charge in [-0.15, -0.1) is 9.50 Å². The molecule has 1 atom stereocenters. The summed E-state index contributed by atoms with van der Waals surface area (Å²) >= 11 is 6.21. The van der Waals surface area contributed by atoms with Crippen molar-refractivity contribution in [1.29, 1.82) is 0 Å². The molecule has 0 spiro atoms. The SMILES string of the molecule is Nc1[nH+]c(-c2ccc(F)cc2)c(-c2cc(Cl)nc(CO)c2)c2nn(C[C@H]3CCCO3)c(=O)n12. The van der Waals surface area contributed by atoms with Gasteiger partial charge >= 0.3 is 11.6 Å². The smallest absolute Gasteiger partial charge is 0.390 e. The highest BCUT2D eigenvalue weighted by atomic mass is 35.5. The molecule has 4 N–H and O–H groups in total. The van der Waals surface area contributed by atoms with Gasteiger partial charge in [-0.05, 0) is 54.8 Å². The molecule has 11 heteroatoms. The predicted molar refractivity (Wildman–Crippen MR) is 119 cm³/mol. The third-order valence-corrected chi connectivity index (χ3v) is 5.83. The molecule has 0 bridgehead atoms. The number of halogens is 2. The largest absolute Gasteiger partial charge is 0.411 e. The van der Waals surface area contributed by atoms with Crippen molar-refractivity contribution in [3.63, 3.8) is 0 Å². The number of aromatic amines is 1. The van der Waals surface area contributed by atoms with Gasteiger partial charge in [0.1, 0.15) is 16.7 Å². The molecule has 0 aliphatic carbocycles. The van der Waals surface area contributed by atoms with Gasteiger partial charge in [0, 0.05) is 12.2 Å². The second-order valence-electron chi connectivity index (χ2n) is 7.85. The Hall–Kier alpha value is -3.34. The highest BCUT2D eigenvalue weighted by Gasteiger charge is 2.28. The van der Waals surface area contributed by atoms with Gasteiger partial charge in [0.15, 0.2) is 0 Å². The van der Waals surface area contributed by atoms with Crippen molar-refractivity contribution in [1.82, 2.24) is 19.2 Å². The van der Waals surface area contributed by atoms with Crippen molar-refractivity contribution in [3.8, 4) is 22.4 Å². The van der Waals surface area contributed by atoms with Crippen molar-refractivity contribution in [2.75, 3.05) is 12.3 Å². The van der Waals surface area contributed by atoms with Crippen molar-refractivity contribution < 1.29 is 19.2 Å². The zero-order valence-electron chi connectivity index (χ0n) is 17.5. The summed E-state index contributed by atoms with van der Waals surface area (Å²) in [5, 5.41) is 14.4. The molecule has 1 aliphatic rings. The number of aromatic nitrogens is 5. The first-order chi connectivity index (χ1) is 15.9. The summed E-state index contributed by atoms with van der Waals surface area (Å²) in [5.41, 5.74) is 8.69. The van der Waals surface area contributed by atoms with Crippen LogP contribution in [0.3, 0.4) is 0 Å². The molecule has 170 valence electrons. The van der Waals surface area contributed by atoms with Crippen LogP contribution in [0.15, 0.2) is 41.2 Å². The Labute approximate surface area is 192 Å². The summed E-state index contributed by atoms with van der Waals surface area (Å²) < 4.78 is 21.9. The van der Waals surface area contributed by atoms with Crippen molar-refractivity contribution in [2.24, 2.45) is 0 Å². The molecule has 0 saturated carbocycles. The fourth-order valence-electron chi connectivity index (χ4n) is 4.13. The lowest BCUT2D eigenvalue weighted by Gasteiger charge is -2.10. The lowest BCUT2D eigenvalue weighted by atomic mass is 10.00. The molecule has 3 aromatic heterocycles. The van der Waals surface area contributed by atoms with Gasteiger partial charge < -0.3 is 9.84 Å². The number of nitrogen functional groups attached to an aromatic ring is 1. The first-order valence-corrected chi connectivity index (χ1v) is 10.8. The van der Waals surface area contributed by atoms with Crippen LogP contribution >= 0.6 is 11.6 Å². The second kappa shape index (κ2) is 8.54. The van der Waals surface area contributed by atoms with Gasteiger partial charge in [-0.3, -0.25) is 5.73 Å². The van der Waals surface area contributed by atoms with Crippen LogP contribution in [0.1, 0.15) is 18.5 Å². The Balaban J connectivity index is 1.80. The Kier molecular flexibility index (Phi) is 5.57. The first kappa shape index (κ1) is 21.5. The molecule has 1 saturated heterocycles. The number of aliphatic hydroxyl groups excluding tert-OH is 1. The van der Waals surface area contributed by atoms with E-state index in [0.29, 0.717) is 46.9 Å². The van der Waals surface area contributed by atoms with E-state index in [4.69, 9.17) is 22.1 Å². The van der Waals surface area contributed by atoms with Gasteiger partial charge in [0.05, 0.1) is 30.5 Å². The summed E-state index contributed by atoms with van der Waals surface area (Å²) in [6.07, 6.45) is 1.67. The number of anilines is 1. The lowest BCUT2D eigenvalue weighted by Crippen LogP contribution is -2.30. The van der Waals surface area contributed by atoms with E-state index in [1.54, 1.807) is 24.3 Å². The summed E-state index contributed by atoms with van der Waals surface area (Å²) in [6, 6.07) is 9.11. The molecular weight excluding hydrogens is 451 g/mol. The molecular formula is C22H21ClFN6O3+. The number of nitrogens with two attached hydrogens (primary N) is 1. The van der Waals surface area contributed by atoms with E-state index in [9.17, 15) is 14.3 Å². The van der Waals surface area contributed by atoms with Crippen LogP contribution in [0.2, 0.25) is 5.15 Å². The topological polar surface area (TPSA) is 122 Å². The van der Waals surface area contributed by atoms with Crippen LogP contribution in [0.4, 0.5) is 10.3 Å². The Morgan fingerprint density at radius 3 is 2.76 bits per heavy atom. The van der Waals surface area contributed by atoms with Gasteiger partial charge in [-0.25, -0.2) is 19.2 Å². The molecule has 1 aliphatic heterocycles. The number of nitrogens with zero attached hydrogens (tertiary/aromatic N) is 4. The van der Waals surface area contributed by atoms with Gasteiger partial charge in [0.2, 0.25) is 5.65 Å². The van der Waals surface area contributed by atoms with Crippen LogP contribution < -0.4 is 16.4 Å². The van der Waals surface area contributed by atoms with Gasteiger partial charge in [0.25, 0.3) is 0 Å². The van der Waals surface area contributed by atoms with Crippen LogP contribution in [0.5, 0.6) is 0 Å². The van der Waals surface area contributed by atoms with Crippen LogP contribution in [0, 0.1) is 5.82 Å². The van der Waals surface area contributed by atoms with Crippen molar-refractivity contribution in [3.05, 3.63) is 63.5 Å². The van der Waals surface area contributed by atoms with E-state index >= 15 is 0 Å². The Morgan fingerprint density at radius 1 is 1.27 bits per heavy atom. The molecule has 1 fully saturated rings. The molecule has 33 heavy (non-hydrogen) atoms.